The van der Waals surface area contributed by atoms with Gasteiger partial charge in [-0.05, 0) is 19.1 Å². The molecule has 3 heterocycles. The molecular weight excluding hydrogens is 314 g/mol. The second-order valence-electron chi connectivity index (χ2n) is 6.13. The molecule has 3 aromatic heterocycles. The van der Waals surface area contributed by atoms with Crippen LogP contribution in [0.1, 0.15) is 24.4 Å². The Kier molecular flexibility index (Phi) is 3.83. The number of fused-ring (bicyclic) bond motifs is 1. The van der Waals surface area contributed by atoms with E-state index in [1.807, 2.05) is 37.1 Å². The van der Waals surface area contributed by atoms with Gasteiger partial charge in [-0.1, -0.05) is 19.1 Å². The minimum absolute atomic E-state index is 0.769. The molecule has 1 aromatic carbocycles. The second kappa shape index (κ2) is 6.16. The molecule has 0 amide bonds. The van der Waals surface area contributed by atoms with Crippen molar-refractivity contribution in [1.82, 2.24) is 34.1 Å². The fourth-order valence-corrected chi connectivity index (χ4v) is 3.20. The standard InChI is InChI=1S/C18H21N7/c1-4-17-21-15-7-5-6-8-16(15)24(17)10-9-18-20-13(2)22-25(18)14-11-19-23(3)12-14/h5-8,11-12H,4,9-10H2,1-3H3. The van der Waals surface area contributed by atoms with E-state index in [4.69, 9.17) is 4.98 Å². The Labute approximate surface area is 145 Å². The summed E-state index contributed by atoms with van der Waals surface area (Å²) in [6.45, 7) is 4.88. The molecule has 0 spiro atoms. The quantitative estimate of drug-likeness (QED) is 0.562. The van der Waals surface area contributed by atoms with Gasteiger partial charge in [0, 0.05) is 26.4 Å². The van der Waals surface area contributed by atoms with Crippen LogP contribution in [0.2, 0.25) is 0 Å². The lowest BCUT2D eigenvalue weighted by molar-refractivity contribution is 0.639. The summed E-state index contributed by atoms with van der Waals surface area (Å²) in [6, 6.07) is 8.27. The summed E-state index contributed by atoms with van der Waals surface area (Å²) in [7, 11) is 1.90. The average molecular weight is 335 g/mol. The van der Waals surface area contributed by atoms with E-state index in [9.17, 15) is 0 Å². The molecule has 0 unspecified atom stereocenters. The fraction of sp³-hybridized carbons (Fsp3) is 0.333. The Morgan fingerprint density at radius 3 is 2.68 bits per heavy atom. The summed E-state index contributed by atoms with van der Waals surface area (Å²) in [5, 5.41) is 8.76. The maximum atomic E-state index is 4.74. The molecule has 128 valence electrons. The Morgan fingerprint density at radius 1 is 1.08 bits per heavy atom. The van der Waals surface area contributed by atoms with Crippen LogP contribution < -0.4 is 0 Å². The molecule has 0 aliphatic rings. The van der Waals surface area contributed by atoms with Crippen molar-refractivity contribution < 1.29 is 0 Å². The summed E-state index contributed by atoms with van der Waals surface area (Å²) in [5.41, 5.74) is 3.15. The molecule has 7 nitrogen and oxygen atoms in total. The number of aromatic nitrogens is 7. The van der Waals surface area contributed by atoms with Crippen molar-refractivity contribution in [2.75, 3.05) is 0 Å². The Bertz CT molecular complexity index is 1020. The van der Waals surface area contributed by atoms with Crippen LogP contribution in [0.3, 0.4) is 0 Å². The van der Waals surface area contributed by atoms with Crippen LogP contribution in [0.4, 0.5) is 0 Å². The van der Waals surface area contributed by atoms with Gasteiger partial charge in [-0.25, -0.2) is 14.6 Å². The van der Waals surface area contributed by atoms with E-state index in [0.29, 0.717) is 0 Å². The molecule has 0 fully saturated rings. The first kappa shape index (κ1) is 15.6. The molecule has 0 aliphatic carbocycles. The molecule has 0 saturated carbocycles. The number of imidazole rings is 1. The van der Waals surface area contributed by atoms with Gasteiger partial charge in [-0.15, -0.1) is 0 Å². The highest BCUT2D eigenvalue weighted by atomic mass is 15.4. The van der Waals surface area contributed by atoms with E-state index in [2.05, 4.69) is 44.9 Å². The number of para-hydroxylation sites is 2. The van der Waals surface area contributed by atoms with Crippen molar-refractivity contribution in [2.24, 2.45) is 7.05 Å². The highest BCUT2D eigenvalue weighted by Crippen LogP contribution is 2.18. The third-order valence-electron chi connectivity index (χ3n) is 4.32. The summed E-state index contributed by atoms with van der Waals surface area (Å²) in [4.78, 5) is 9.35. The van der Waals surface area contributed by atoms with Crippen molar-refractivity contribution in [3.63, 3.8) is 0 Å². The van der Waals surface area contributed by atoms with Gasteiger partial charge in [-0.3, -0.25) is 4.68 Å². The molecule has 4 rings (SSSR count). The van der Waals surface area contributed by atoms with E-state index in [1.54, 1.807) is 4.68 Å². The number of aryl methyl sites for hydroxylation is 5. The molecule has 0 atom stereocenters. The van der Waals surface area contributed by atoms with Crippen LogP contribution in [0.25, 0.3) is 16.7 Å². The fourth-order valence-electron chi connectivity index (χ4n) is 3.20. The van der Waals surface area contributed by atoms with Crippen LogP contribution >= 0.6 is 0 Å². The first-order valence-corrected chi connectivity index (χ1v) is 8.51. The first-order valence-electron chi connectivity index (χ1n) is 8.51. The van der Waals surface area contributed by atoms with E-state index in [1.165, 1.54) is 5.52 Å². The molecule has 0 N–H and O–H groups in total. The normalized spacial score (nSPS) is 11.5. The summed E-state index contributed by atoms with van der Waals surface area (Å²) >= 11 is 0. The predicted molar refractivity (Wildman–Crippen MR) is 95.7 cm³/mol. The van der Waals surface area contributed by atoms with E-state index < -0.39 is 0 Å². The van der Waals surface area contributed by atoms with Crippen molar-refractivity contribution >= 4 is 11.0 Å². The van der Waals surface area contributed by atoms with E-state index in [-0.39, 0.29) is 0 Å². The van der Waals surface area contributed by atoms with Crippen LogP contribution in [-0.4, -0.2) is 34.1 Å². The van der Waals surface area contributed by atoms with Gasteiger partial charge in [0.25, 0.3) is 0 Å². The monoisotopic (exact) mass is 335 g/mol. The minimum atomic E-state index is 0.769. The van der Waals surface area contributed by atoms with Crippen LogP contribution in [0, 0.1) is 6.92 Å². The topological polar surface area (TPSA) is 66.3 Å². The van der Waals surface area contributed by atoms with E-state index in [0.717, 1.165) is 48.1 Å². The van der Waals surface area contributed by atoms with Gasteiger partial charge in [0.2, 0.25) is 0 Å². The summed E-state index contributed by atoms with van der Waals surface area (Å²) < 4.78 is 5.94. The molecule has 4 aromatic rings. The lowest BCUT2D eigenvalue weighted by Crippen LogP contribution is -2.10. The number of hydrogen-bond donors (Lipinski definition) is 0. The smallest absolute Gasteiger partial charge is 0.148 e. The lowest BCUT2D eigenvalue weighted by Gasteiger charge is -2.08. The van der Waals surface area contributed by atoms with Crippen molar-refractivity contribution in [2.45, 2.75) is 33.2 Å². The largest absolute Gasteiger partial charge is 0.328 e. The molecular formula is C18H21N7. The van der Waals surface area contributed by atoms with Crippen LogP contribution in [0.5, 0.6) is 0 Å². The van der Waals surface area contributed by atoms with Crippen molar-refractivity contribution in [1.29, 1.82) is 0 Å². The third-order valence-corrected chi connectivity index (χ3v) is 4.32. The molecule has 0 bridgehead atoms. The number of hydrogen-bond acceptors (Lipinski definition) is 4. The SMILES string of the molecule is CCc1nc2ccccc2n1CCc1nc(C)nn1-c1cnn(C)c1. The van der Waals surface area contributed by atoms with E-state index >= 15 is 0 Å². The Morgan fingerprint density at radius 2 is 1.92 bits per heavy atom. The number of benzene rings is 1. The van der Waals surface area contributed by atoms with Crippen LogP contribution in [-0.2, 0) is 26.4 Å². The molecule has 0 aliphatic heterocycles. The zero-order valence-corrected chi connectivity index (χ0v) is 14.7. The summed E-state index contributed by atoms with van der Waals surface area (Å²) in [6.07, 6.45) is 5.44. The zero-order valence-electron chi connectivity index (χ0n) is 14.7. The minimum Gasteiger partial charge on any atom is -0.328 e. The second-order valence-corrected chi connectivity index (χ2v) is 6.13. The summed E-state index contributed by atoms with van der Waals surface area (Å²) in [5.74, 6) is 2.81. The van der Waals surface area contributed by atoms with Crippen molar-refractivity contribution in [3.05, 3.63) is 54.1 Å². The van der Waals surface area contributed by atoms with Crippen molar-refractivity contribution in [3.8, 4) is 5.69 Å². The molecule has 0 radical (unpaired) electrons. The number of rotatable bonds is 5. The Balaban J connectivity index is 1.67. The predicted octanol–water partition coefficient (Wildman–Crippen LogP) is 2.46. The van der Waals surface area contributed by atoms with Crippen LogP contribution in [0.15, 0.2) is 36.7 Å². The lowest BCUT2D eigenvalue weighted by atomic mass is 10.3. The zero-order chi connectivity index (χ0) is 17.4. The Hall–Kier alpha value is -2.96. The molecule has 7 heteroatoms. The van der Waals surface area contributed by atoms with Gasteiger partial charge in [0.15, 0.2) is 0 Å². The third kappa shape index (κ3) is 2.82. The van der Waals surface area contributed by atoms with Gasteiger partial charge in [0.05, 0.1) is 23.4 Å². The maximum Gasteiger partial charge on any atom is 0.148 e. The molecule has 25 heavy (non-hydrogen) atoms. The first-order chi connectivity index (χ1) is 12.2. The average Bonchev–Trinajstić information content (AvgIpc) is 3.29. The highest BCUT2D eigenvalue weighted by molar-refractivity contribution is 5.75. The molecule has 0 saturated heterocycles. The van der Waals surface area contributed by atoms with Gasteiger partial charge >= 0.3 is 0 Å². The highest BCUT2D eigenvalue weighted by Gasteiger charge is 2.14. The van der Waals surface area contributed by atoms with Gasteiger partial charge in [0.1, 0.15) is 23.2 Å². The number of nitrogens with zero attached hydrogens (tertiary/aromatic N) is 7. The van der Waals surface area contributed by atoms with Gasteiger partial charge < -0.3 is 4.57 Å². The van der Waals surface area contributed by atoms with Gasteiger partial charge in [-0.2, -0.15) is 10.2 Å². The maximum absolute atomic E-state index is 4.74.